The normalized spacial score (nSPS) is 18.8. The van der Waals surface area contributed by atoms with E-state index in [-0.39, 0.29) is 29.2 Å². The van der Waals surface area contributed by atoms with Crippen LogP contribution in [-0.4, -0.2) is 40.9 Å². The highest BCUT2D eigenvalue weighted by Gasteiger charge is 2.29. The monoisotopic (exact) mass is 332 g/mol. The van der Waals surface area contributed by atoms with Crippen LogP contribution in [-0.2, 0) is 9.59 Å². The summed E-state index contributed by atoms with van der Waals surface area (Å²) in [5, 5.41) is 11.7. The Labute approximate surface area is 141 Å². The molecule has 24 heavy (non-hydrogen) atoms. The van der Waals surface area contributed by atoms with Crippen molar-refractivity contribution in [2.45, 2.75) is 33.1 Å². The molecule has 6 nitrogen and oxygen atoms in total. The average Bonchev–Trinajstić information content (AvgIpc) is 2.60. The summed E-state index contributed by atoms with van der Waals surface area (Å²) in [6.45, 7) is 5.05. The van der Waals surface area contributed by atoms with E-state index in [9.17, 15) is 14.4 Å². The predicted molar refractivity (Wildman–Crippen MR) is 90.8 cm³/mol. The number of carboxylic acids is 1. The first kappa shape index (κ1) is 18.0. The van der Waals surface area contributed by atoms with E-state index in [1.165, 1.54) is 12.1 Å². The number of hydrogen-bond acceptors (Lipinski definition) is 3. The van der Waals surface area contributed by atoms with Crippen LogP contribution in [0.3, 0.4) is 0 Å². The van der Waals surface area contributed by atoms with E-state index in [0.717, 1.165) is 19.3 Å². The summed E-state index contributed by atoms with van der Waals surface area (Å²) in [4.78, 5) is 37.3. The van der Waals surface area contributed by atoms with E-state index in [1.807, 2.05) is 13.8 Å². The molecule has 0 spiro atoms. The van der Waals surface area contributed by atoms with Crippen LogP contribution >= 0.6 is 0 Å². The van der Waals surface area contributed by atoms with E-state index in [4.69, 9.17) is 5.11 Å². The van der Waals surface area contributed by atoms with Crippen molar-refractivity contribution in [3.63, 3.8) is 0 Å². The number of anilines is 1. The molecule has 2 N–H and O–H groups in total. The predicted octanol–water partition coefficient (Wildman–Crippen LogP) is 2.61. The molecule has 2 atom stereocenters. The lowest BCUT2D eigenvalue weighted by molar-refractivity contribution is -0.138. The zero-order valence-corrected chi connectivity index (χ0v) is 14.1. The largest absolute Gasteiger partial charge is 0.478 e. The van der Waals surface area contributed by atoms with Crippen LogP contribution in [0.4, 0.5) is 5.69 Å². The van der Waals surface area contributed by atoms with Gasteiger partial charge in [0.15, 0.2) is 0 Å². The molecular formula is C18H24N2O4. The van der Waals surface area contributed by atoms with Gasteiger partial charge in [0.1, 0.15) is 0 Å². The highest BCUT2D eigenvalue weighted by molar-refractivity contribution is 5.94. The SMILES string of the molecule is CCC(C)C(=O)N1CCCC(C(=O)Nc2ccc(C(=O)O)cc2)C1. The third-order valence-corrected chi connectivity index (χ3v) is 4.54. The van der Waals surface area contributed by atoms with Crippen molar-refractivity contribution in [2.75, 3.05) is 18.4 Å². The molecule has 1 aliphatic rings. The average molecular weight is 332 g/mol. The summed E-state index contributed by atoms with van der Waals surface area (Å²) in [7, 11) is 0. The lowest BCUT2D eigenvalue weighted by Crippen LogP contribution is -2.45. The van der Waals surface area contributed by atoms with Gasteiger partial charge in [0.25, 0.3) is 0 Å². The van der Waals surface area contributed by atoms with Crippen molar-refractivity contribution in [3.05, 3.63) is 29.8 Å². The van der Waals surface area contributed by atoms with Crippen molar-refractivity contribution in [2.24, 2.45) is 11.8 Å². The molecule has 1 heterocycles. The molecule has 0 aliphatic carbocycles. The van der Waals surface area contributed by atoms with Gasteiger partial charge in [-0.05, 0) is 43.5 Å². The number of carbonyl (C=O) groups is 3. The van der Waals surface area contributed by atoms with E-state index < -0.39 is 5.97 Å². The number of nitrogens with one attached hydrogen (secondary N) is 1. The summed E-state index contributed by atoms with van der Waals surface area (Å²) in [6, 6.07) is 6.06. The third kappa shape index (κ3) is 4.34. The smallest absolute Gasteiger partial charge is 0.335 e. The first-order valence-corrected chi connectivity index (χ1v) is 8.35. The summed E-state index contributed by atoms with van der Waals surface area (Å²) in [5.74, 6) is -1.26. The van der Waals surface area contributed by atoms with E-state index >= 15 is 0 Å². The van der Waals surface area contributed by atoms with Gasteiger partial charge in [0.2, 0.25) is 11.8 Å². The van der Waals surface area contributed by atoms with Crippen LogP contribution in [0.25, 0.3) is 0 Å². The minimum atomic E-state index is -1.00. The molecule has 0 bridgehead atoms. The van der Waals surface area contributed by atoms with E-state index in [0.29, 0.717) is 18.8 Å². The second-order valence-corrected chi connectivity index (χ2v) is 6.30. The zero-order chi connectivity index (χ0) is 17.7. The van der Waals surface area contributed by atoms with Gasteiger partial charge in [-0.2, -0.15) is 0 Å². The van der Waals surface area contributed by atoms with E-state index in [2.05, 4.69) is 5.32 Å². The Kier molecular flexibility index (Phi) is 5.95. The lowest BCUT2D eigenvalue weighted by atomic mass is 9.95. The van der Waals surface area contributed by atoms with Gasteiger partial charge >= 0.3 is 5.97 Å². The molecule has 130 valence electrons. The van der Waals surface area contributed by atoms with Crippen molar-refractivity contribution < 1.29 is 19.5 Å². The molecule has 1 aliphatic heterocycles. The molecule has 0 radical (unpaired) electrons. The number of carbonyl (C=O) groups excluding carboxylic acids is 2. The van der Waals surface area contributed by atoms with Gasteiger partial charge in [0, 0.05) is 24.7 Å². The van der Waals surface area contributed by atoms with Crippen LogP contribution in [0.15, 0.2) is 24.3 Å². The zero-order valence-electron chi connectivity index (χ0n) is 14.1. The lowest BCUT2D eigenvalue weighted by Gasteiger charge is -2.33. The second-order valence-electron chi connectivity index (χ2n) is 6.30. The number of hydrogen-bond donors (Lipinski definition) is 2. The summed E-state index contributed by atoms with van der Waals surface area (Å²) in [6.07, 6.45) is 2.36. The number of likely N-dealkylation sites (tertiary alicyclic amines) is 1. The van der Waals surface area contributed by atoms with Gasteiger partial charge in [-0.25, -0.2) is 4.79 Å². The molecule has 1 fully saturated rings. The fourth-order valence-electron chi connectivity index (χ4n) is 2.82. The minimum Gasteiger partial charge on any atom is -0.478 e. The fraction of sp³-hybridized carbons (Fsp3) is 0.500. The minimum absolute atomic E-state index is 0.0182. The summed E-state index contributed by atoms with van der Waals surface area (Å²) in [5.41, 5.74) is 0.742. The molecule has 0 aromatic heterocycles. The Hall–Kier alpha value is -2.37. The van der Waals surface area contributed by atoms with Gasteiger partial charge in [0.05, 0.1) is 11.5 Å². The standard InChI is InChI=1S/C18H24N2O4/c1-3-12(2)17(22)20-10-4-5-14(11-20)16(21)19-15-8-6-13(7-9-15)18(23)24/h6-9,12,14H,3-5,10-11H2,1-2H3,(H,19,21)(H,23,24). The van der Waals surface area contributed by atoms with Crippen LogP contribution in [0, 0.1) is 11.8 Å². The second kappa shape index (κ2) is 7.95. The maximum absolute atomic E-state index is 12.4. The topological polar surface area (TPSA) is 86.7 Å². The van der Waals surface area contributed by atoms with Gasteiger partial charge in [-0.3, -0.25) is 9.59 Å². The summed E-state index contributed by atoms with van der Waals surface area (Å²) < 4.78 is 0. The number of piperidine rings is 1. The van der Waals surface area contributed by atoms with Gasteiger partial charge in [-0.1, -0.05) is 13.8 Å². The Balaban J connectivity index is 1.96. The molecule has 1 aromatic rings. The Morgan fingerprint density at radius 1 is 1.29 bits per heavy atom. The first-order valence-electron chi connectivity index (χ1n) is 8.35. The van der Waals surface area contributed by atoms with Crippen molar-refractivity contribution >= 4 is 23.5 Å². The molecule has 2 rings (SSSR count). The number of amides is 2. The Morgan fingerprint density at radius 2 is 1.96 bits per heavy atom. The first-order chi connectivity index (χ1) is 11.4. The molecule has 2 unspecified atom stereocenters. The van der Waals surface area contributed by atoms with Crippen LogP contribution in [0.5, 0.6) is 0 Å². The van der Waals surface area contributed by atoms with Crippen LogP contribution in [0.1, 0.15) is 43.5 Å². The Morgan fingerprint density at radius 3 is 2.54 bits per heavy atom. The molecule has 1 aromatic carbocycles. The van der Waals surface area contributed by atoms with Gasteiger partial charge in [-0.15, -0.1) is 0 Å². The molecule has 0 saturated carbocycles. The number of rotatable bonds is 5. The van der Waals surface area contributed by atoms with Crippen molar-refractivity contribution in [1.82, 2.24) is 4.90 Å². The highest BCUT2D eigenvalue weighted by atomic mass is 16.4. The number of benzene rings is 1. The maximum Gasteiger partial charge on any atom is 0.335 e. The van der Waals surface area contributed by atoms with Crippen LogP contribution in [0.2, 0.25) is 0 Å². The van der Waals surface area contributed by atoms with Crippen LogP contribution < -0.4 is 5.32 Å². The van der Waals surface area contributed by atoms with Crippen molar-refractivity contribution in [3.8, 4) is 0 Å². The molecule has 6 heteroatoms. The fourth-order valence-corrected chi connectivity index (χ4v) is 2.82. The highest BCUT2D eigenvalue weighted by Crippen LogP contribution is 2.21. The quantitative estimate of drug-likeness (QED) is 0.868. The van der Waals surface area contributed by atoms with E-state index in [1.54, 1.807) is 17.0 Å². The third-order valence-electron chi connectivity index (χ3n) is 4.54. The Bertz CT molecular complexity index is 612. The molecular weight excluding hydrogens is 308 g/mol. The van der Waals surface area contributed by atoms with Crippen molar-refractivity contribution in [1.29, 1.82) is 0 Å². The number of carboxylic acid groups (broad SMARTS) is 1. The molecule has 1 saturated heterocycles. The number of nitrogens with zero attached hydrogens (tertiary/aromatic N) is 1. The number of aromatic carboxylic acids is 1. The maximum atomic E-state index is 12.4. The summed E-state index contributed by atoms with van der Waals surface area (Å²) >= 11 is 0. The molecule has 2 amide bonds. The van der Waals surface area contributed by atoms with Gasteiger partial charge < -0.3 is 15.3 Å².